The molecule has 0 amide bonds. The van der Waals surface area contributed by atoms with E-state index >= 15 is 0 Å². The number of benzene rings is 1. The van der Waals surface area contributed by atoms with Crippen LogP contribution in [0.25, 0.3) is 0 Å². The fraction of sp³-hybridized carbons (Fsp3) is 0.500. The van der Waals surface area contributed by atoms with Crippen LogP contribution in [-0.2, 0) is 6.42 Å². The number of rotatable bonds is 8. The monoisotopic (exact) mass is 232 g/mol. The first-order valence-corrected chi connectivity index (χ1v) is 6.67. The van der Waals surface area contributed by atoms with E-state index in [0.29, 0.717) is 0 Å². The molecule has 0 aliphatic heterocycles. The van der Waals surface area contributed by atoms with E-state index in [1.807, 2.05) is 12.1 Å². The summed E-state index contributed by atoms with van der Waals surface area (Å²) in [7, 11) is 0. The molecule has 0 bridgehead atoms. The summed E-state index contributed by atoms with van der Waals surface area (Å²) in [4.78, 5) is 0. The van der Waals surface area contributed by atoms with Crippen LogP contribution < -0.4 is 0 Å². The first kappa shape index (κ1) is 14.0. The standard InChI is InChI=1S/C16H24O/c1-3-5-6-7-8-9-14-10-12-15(13-11-14)16(17)4-2/h4,10-13,16-17H,2-3,5-9H2,1H3. The number of hydrogen-bond acceptors (Lipinski definition) is 1. The summed E-state index contributed by atoms with van der Waals surface area (Å²) >= 11 is 0. The molecule has 1 atom stereocenters. The smallest absolute Gasteiger partial charge is 0.0969 e. The molecule has 0 spiro atoms. The van der Waals surface area contributed by atoms with Crippen LogP contribution in [0.4, 0.5) is 0 Å². The minimum Gasteiger partial charge on any atom is -0.384 e. The van der Waals surface area contributed by atoms with Gasteiger partial charge in [0.15, 0.2) is 0 Å². The van der Waals surface area contributed by atoms with E-state index in [0.717, 1.165) is 12.0 Å². The second-order valence-corrected chi connectivity index (χ2v) is 4.59. The lowest BCUT2D eigenvalue weighted by Crippen LogP contribution is -1.93. The minimum absolute atomic E-state index is 0.534. The van der Waals surface area contributed by atoms with Gasteiger partial charge in [0, 0.05) is 0 Å². The zero-order chi connectivity index (χ0) is 12.5. The van der Waals surface area contributed by atoms with Gasteiger partial charge in [-0.2, -0.15) is 0 Å². The summed E-state index contributed by atoms with van der Waals surface area (Å²) in [5, 5.41) is 9.58. The third kappa shape index (κ3) is 5.18. The van der Waals surface area contributed by atoms with Crippen molar-refractivity contribution in [1.82, 2.24) is 0 Å². The van der Waals surface area contributed by atoms with Crippen LogP contribution in [0.5, 0.6) is 0 Å². The van der Waals surface area contributed by atoms with Crippen molar-refractivity contribution in [2.24, 2.45) is 0 Å². The molecule has 0 aliphatic carbocycles. The highest BCUT2D eigenvalue weighted by Crippen LogP contribution is 2.16. The van der Waals surface area contributed by atoms with Crippen molar-refractivity contribution in [1.29, 1.82) is 0 Å². The highest BCUT2D eigenvalue weighted by atomic mass is 16.3. The fourth-order valence-electron chi connectivity index (χ4n) is 1.95. The molecule has 1 aromatic rings. The van der Waals surface area contributed by atoms with Crippen molar-refractivity contribution >= 4 is 0 Å². The molecular formula is C16H24O. The quantitative estimate of drug-likeness (QED) is 0.519. The molecule has 1 nitrogen and oxygen atoms in total. The maximum Gasteiger partial charge on any atom is 0.0969 e. The summed E-state index contributed by atoms with van der Waals surface area (Å²) in [5.41, 5.74) is 2.29. The summed E-state index contributed by atoms with van der Waals surface area (Å²) < 4.78 is 0. The molecule has 17 heavy (non-hydrogen) atoms. The van der Waals surface area contributed by atoms with Gasteiger partial charge >= 0.3 is 0 Å². The third-order valence-corrected chi connectivity index (χ3v) is 3.11. The number of aliphatic hydroxyl groups is 1. The van der Waals surface area contributed by atoms with Crippen LogP contribution in [0.3, 0.4) is 0 Å². The molecule has 0 saturated carbocycles. The van der Waals surface area contributed by atoms with Crippen LogP contribution in [-0.4, -0.2) is 5.11 Å². The lowest BCUT2D eigenvalue weighted by Gasteiger charge is -2.07. The van der Waals surface area contributed by atoms with Crippen LogP contribution in [0, 0.1) is 0 Å². The van der Waals surface area contributed by atoms with E-state index in [1.54, 1.807) is 6.08 Å². The van der Waals surface area contributed by atoms with Crippen LogP contribution in [0.2, 0.25) is 0 Å². The molecule has 0 saturated heterocycles. The van der Waals surface area contributed by atoms with E-state index in [4.69, 9.17) is 0 Å². The van der Waals surface area contributed by atoms with Crippen LogP contribution in [0.1, 0.15) is 56.3 Å². The molecule has 1 rings (SSSR count). The Balaban J connectivity index is 2.33. The molecule has 0 heterocycles. The number of hydrogen-bond donors (Lipinski definition) is 1. The fourth-order valence-corrected chi connectivity index (χ4v) is 1.95. The molecule has 1 N–H and O–H groups in total. The summed E-state index contributed by atoms with van der Waals surface area (Å²) in [5.74, 6) is 0. The van der Waals surface area contributed by atoms with Gasteiger partial charge in [0.1, 0.15) is 0 Å². The second-order valence-electron chi connectivity index (χ2n) is 4.59. The van der Waals surface area contributed by atoms with Gasteiger partial charge in [-0.1, -0.05) is 62.9 Å². The van der Waals surface area contributed by atoms with Crippen molar-refractivity contribution in [2.75, 3.05) is 0 Å². The van der Waals surface area contributed by atoms with E-state index in [2.05, 4.69) is 25.6 Å². The highest BCUT2D eigenvalue weighted by molar-refractivity contribution is 5.26. The maximum atomic E-state index is 9.58. The maximum absolute atomic E-state index is 9.58. The van der Waals surface area contributed by atoms with Gasteiger partial charge in [0.2, 0.25) is 0 Å². The topological polar surface area (TPSA) is 20.2 Å². The lowest BCUT2D eigenvalue weighted by atomic mass is 10.0. The average Bonchev–Trinajstić information content (AvgIpc) is 2.38. The molecule has 1 heteroatoms. The summed E-state index contributed by atoms with van der Waals surface area (Å²) in [6.07, 6.45) is 8.76. The number of unbranched alkanes of at least 4 members (excludes halogenated alkanes) is 4. The Hall–Kier alpha value is -1.08. The van der Waals surface area contributed by atoms with Gasteiger partial charge in [0.25, 0.3) is 0 Å². The normalized spacial score (nSPS) is 12.4. The minimum atomic E-state index is -0.534. The van der Waals surface area contributed by atoms with Gasteiger partial charge in [-0.3, -0.25) is 0 Å². The van der Waals surface area contributed by atoms with Crippen molar-refractivity contribution < 1.29 is 5.11 Å². The third-order valence-electron chi connectivity index (χ3n) is 3.11. The molecule has 0 aliphatic rings. The first-order chi connectivity index (χ1) is 8.27. The molecule has 94 valence electrons. The van der Waals surface area contributed by atoms with Gasteiger partial charge in [0.05, 0.1) is 6.10 Å². The highest BCUT2D eigenvalue weighted by Gasteiger charge is 2.01. The van der Waals surface area contributed by atoms with Crippen molar-refractivity contribution in [2.45, 2.75) is 51.6 Å². The first-order valence-electron chi connectivity index (χ1n) is 6.67. The van der Waals surface area contributed by atoms with Gasteiger partial charge in [-0.25, -0.2) is 0 Å². The Morgan fingerprint density at radius 2 is 1.76 bits per heavy atom. The number of aryl methyl sites for hydroxylation is 1. The Morgan fingerprint density at radius 1 is 1.12 bits per heavy atom. The summed E-state index contributed by atoms with van der Waals surface area (Å²) in [6.45, 7) is 5.83. The second kappa shape index (κ2) is 8.08. The van der Waals surface area contributed by atoms with Crippen LogP contribution >= 0.6 is 0 Å². The Bertz CT molecular complexity index is 313. The average molecular weight is 232 g/mol. The van der Waals surface area contributed by atoms with E-state index < -0.39 is 6.10 Å². The van der Waals surface area contributed by atoms with Crippen molar-refractivity contribution in [3.63, 3.8) is 0 Å². The van der Waals surface area contributed by atoms with E-state index in [1.165, 1.54) is 37.7 Å². The van der Waals surface area contributed by atoms with Crippen molar-refractivity contribution in [3.8, 4) is 0 Å². The van der Waals surface area contributed by atoms with Crippen molar-refractivity contribution in [3.05, 3.63) is 48.0 Å². The molecule has 0 fully saturated rings. The largest absolute Gasteiger partial charge is 0.384 e. The van der Waals surface area contributed by atoms with Gasteiger partial charge < -0.3 is 5.11 Å². The zero-order valence-corrected chi connectivity index (χ0v) is 10.9. The van der Waals surface area contributed by atoms with E-state index in [9.17, 15) is 5.11 Å². The predicted molar refractivity (Wildman–Crippen MR) is 74.1 cm³/mol. The Morgan fingerprint density at radius 3 is 2.35 bits per heavy atom. The SMILES string of the molecule is C=CC(O)c1ccc(CCCCCCC)cc1. The predicted octanol–water partition coefficient (Wildman–Crippen LogP) is 4.42. The molecular weight excluding hydrogens is 208 g/mol. The van der Waals surface area contributed by atoms with E-state index in [-0.39, 0.29) is 0 Å². The van der Waals surface area contributed by atoms with Crippen LogP contribution in [0.15, 0.2) is 36.9 Å². The lowest BCUT2D eigenvalue weighted by molar-refractivity contribution is 0.229. The molecule has 0 aromatic heterocycles. The molecule has 0 radical (unpaired) electrons. The number of aliphatic hydroxyl groups excluding tert-OH is 1. The molecule has 1 unspecified atom stereocenters. The zero-order valence-electron chi connectivity index (χ0n) is 10.9. The van der Waals surface area contributed by atoms with Gasteiger partial charge in [-0.05, 0) is 24.0 Å². The molecule has 1 aromatic carbocycles. The Labute approximate surface area is 105 Å². The van der Waals surface area contributed by atoms with Gasteiger partial charge in [-0.15, -0.1) is 6.58 Å². The Kier molecular flexibility index (Phi) is 6.64. The summed E-state index contributed by atoms with van der Waals surface area (Å²) in [6, 6.07) is 8.21.